The molecule has 0 unspecified atom stereocenters. The number of thioether (sulfide) groups is 1. The van der Waals surface area contributed by atoms with E-state index in [9.17, 15) is 13.2 Å². The maximum Gasteiger partial charge on any atom is 0.284 e. The standard InChI is InChI=1S/C21H20N2O3S2/c1-3-14-23-20(24)19(15-17-8-6-5-7-9-17)27-21(23)22-28(25,26)18-12-10-16(4-2)11-13-18/h3,5-13,15H,1,4,14H2,2H3. The van der Waals surface area contributed by atoms with Crippen LogP contribution in [0, 0.1) is 0 Å². The lowest BCUT2D eigenvalue weighted by Gasteiger charge is -2.12. The quantitative estimate of drug-likeness (QED) is 0.529. The molecule has 3 rings (SSSR count). The van der Waals surface area contributed by atoms with Gasteiger partial charge in [-0.25, -0.2) is 0 Å². The van der Waals surface area contributed by atoms with Crippen LogP contribution in [0.5, 0.6) is 0 Å². The van der Waals surface area contributed by atoms with E-state index in [0.29, 0.717) is 4.91 Å². The van der Waals surface area contributed by atoms with Crippen LogP contribution >= 0.6 is 11.8 Å². The summed E-state index contributed by atoms with van der Waals surface area (Å²) < 4.78 is 29.4. The van der Waals surface area contributed by atoms with Gasteiger partial charge in [0.2, 0.25) is 0 Å². The molecule has 0 bridgehead atoms. The van der Waals surface area contributed by atoms with Gasteiger partial charge in [0.25, 0.3) is 15.9 Å². The fraction of sp³-hybridized carbons (Fsp3) is 0.143. The second-order valence-electron chi connectivity index (χ2n) is 6.07. The maximum atomic E-state index is 12.7. The van der Waals surface area contributed by atoms with Crippen LogP contribution in [0.25, 0.3) is 6.08 Å². The number of carbonyl (C=O) groups is 1. The van der Waals surface area contributed by atoms with Crippen LogP contribution in [0.3, 0.4) is 0 Å². The Morgan fingerprint density at radius 3 is 2.39 bits per heavy atom. The summed E-state index contributed by atoms with van der Waals surface area (Å²) in [5.41, 5.74) is 1.90. The number of nitrogens with zero attached hydrogens (tertiary/aromatic N) is 2. The van der Waals surface area contributed by atoms with E-state index in [4.69, 9.17) is 0 Å². The number of amidine groups is 1. The highest BCUT2D eigenvalue weighted by atomic mass is 32.2. The van der Waals surface area contributed by atoms with Crippen molar-refractivity contribution in [3.05, 3.63) is 83.3 Å². The predicted octanol–water partition coefficient (Wildman–Crippen LogP) is 4.10. The zero-order chi connectivity index (χ0) is 20.1. The molecule has 1 saturated heterocycles. The van der Waals surface area contributed by atoms with Crippen molar-refractivity contribution in [3.63, 3.8) is 0 Å². The molecule has 1 heterocycles. The van der Waals surface area contributed by atoms with Gasteiger partial charge < -0.3 is 0 Å². The van der Waals surface area contributed by atoms with Gasteiger partial charge in [-0.05, 0) is 47.5 Å². The highest BCUT2D eigenvalue weighted by molar-refractivity contribution is 8.19. The third-order valence-electron chi connectivity index (χ3n) is 4.12. The van der Waals surface area contributed by atoms with Crippen molar-refractivity contribution in [2.24, 2.45) is 4.40 Å². The molecule has 5 nitrogen and oxygen atoms in total. The molecule has 1 aliphatic heterocycles. The number of amides is 1. The zero-order valence-corrected chi connectivity index (χ0v) is 17.0. The minimum Gasteiger partial charge on any atom is -0.282 e. The third kappa shape index (κ3) is 4.43. The van der Waals surface area contributed by atoms with Gasteiger partial charge in [0.15, 0.2) is 5.17 Å². The lowest BCUT2D eigenvalue weighted by molar-refractivity contribution is -0.121. The SMILES string of the molecule is C=CCN1C(=O)C(=Cc2ccccc2)SC1=NS(=O)(=O)c1ccc(CC)cc1. The van der Waals surface area contributed by atoms with Crippen LogP contribution in [-0.4, -0.2) is 30.9 Å². The number of hydrogen-bond donors (Lipinski definition) is 0. The molecule has 0 spiro atoms. The lowest BCUT2D eigenvalue weighted by atomic mass is 10.2. The van der Waals surface area contributed by atoms with E-state index < -0.39 is 10.0 Å². The Kier molecular flexibility index (Phi) is 6.16. The van der Waals surface area contributed by atoms with Gasteiger partial charge in [-0.15, -0.1) is 11.0 Å². The number of sulfonamides is 1. The molecule has 2 aromatic rings. The summed E-state index contributed by atoms with van der Waals surface area (Å²) >= 11 is 1.05. The summed E-state index contributed by atoms with van der Waals surface area (Å²) in [7, 11) is -3.93. The molecule has 0 aromatic heterocycles. The minimum absolute atomic E-state index is 0.101. The van der Waals surface area contributed by atoms with Crippen molar-refractivity contribution in [1.82, 2.24) is 4.90 Å². The molecule has 0 atom stereocenters. The fourth-order valence-electron chi connectivity index (χ4n) is 2.62. The van der Waals surface area contributed by atoms with Gasteiger partial charge in [0.1, 0.15) is 0 Å². The first-order chi connectivity index (χ1) is 13.4. The zero-order valence-electron chi connectivity index (χ0n) is 15.4. The van der Waals surface area contributed by atoms with E-state index in [1.54, 1.807) is 24.3 Å². The minimum atomic E-state index is -3.93. The Hall–Kier alpha value is -2.64. The summed E-state index contributed by atoms with van der Waals surface area (Å²) in [5, 5.41) is 0.131. The van der Waals surface area contributed by atoms with Crippen LogP contribution in [0.4, 0.5) is 0 Å². The molecule has 0 radical (unpaired) electrons. The van der Waals surface area contributed by atoms with Crippen molar-refractivity contribution >= 4 is 38.9 Å². The summed E-state index contributed by atoms with van der Waals surface area (Å²) in [6.45, 7) is 5.83. The Morgan fingerprint density at radius 1 is 1.11 bits per heavy atom. The molecule has 2 aromatic carbocycles. The Labute approximate surface area is 169 Å². The predicted molar refractivity (Wildman–Crippen MR) is 114 cm³/mol. The van der Waals surface area contributed by atoms with E-state index >= 15 is 0 Å². The van der Waals surface area contributed by atoms with Gasteiger partial charge in [-0.1, -0.05) is 55.5 Å². The molecule has 28 heavy (non-hydrogen) atoms. The molecule has 0 saturated carbocycles. The molecule has 1 fully saturated rings. The van der Waals surface area contributed by atoms with Crippen LogP contribution in [0.15, 0.2) is 81.5 Å². The summed E-state index contributed by atoms with van der Waals surface area (Å²) in [4.78, 5) is 14.6. The second-order valence-corrected chi connectivity index (χ2v) is 8.69. The largest absolute Gasteiger partial charge is 0.284 e. The van der Waals surface area contributed by atoms with Gasteiger partial charge in [-0.2, -0.15) is 8.42 Å². The topological polar surface area (TPSA) is 66.8 Å². The van der Waals surface area contributed by atoms with Gasteiger partial charge in [0, 0.05) is 6.54 Å². The maximum absolute atomic E-state index is 12.7. The third-order valence-corrected chi connectivity index (χ3v) is 6.53. The lowest BCUT2D eigenvalue weighted by Crippen LogP contribution is -2.29. The van der Waals surface area contributed by atoms with Crippen LogP contribution < -0.4 is 0 Å². The number of hydrogen-bond acceptors (Lipinski definition) is 4. The first-order valence-corrected chi connectivity index (χ1v) is 11.0. The molecule has 7 heteroatoms. The number of benzene rings is 2. The van der Waals surface area contributed by atoms with Crippen molar-refractivity contribution in [2.45, 2.75) is 18.2 Å². The molecule has 0 N–H and O–H groups in total. The summed E-state index contributed by atoms with van der Waals surface area (Å²) in [6.07, 6.45) is 4.09. The van der Waals surface area contributed by atoms with E-state index in [1.807, 2.05) is 37.3 Å². The number of aryl methyl sites for hydroxylation is 1. The van der Waals surface area contributed by atoms with Crippen molar-refractivity contribution in [3.8, 4) is 0 Å². The molecule has 1 amide bonds. The first-order valence-electron chi connectivity index (χ1n) is 8.76. The smallest absolute Gasteiger partial charge is 0.282 e. The Morgan fingerprint density at radius 2 is 1.79 bits per heavy atom. The van der Waals surface area contributed by atoms with Gasteiger partial charge in [-0.3, -0.25) is 9.69 Å². The molecular formula is C21H20N2O3S2. The fourth-order valence-corrected chi connectivity index (χ4v) is 4.81. The highest BCUT2D eigenvalue weighted by Crippen LogP contribution is 2.33. The molecule has 0 aliphatic carbocycles. The Balaban J connectivity index is 1.97. The summed E-state index contributed by atoms with van der Waals surface area (Å²) in [6, 6.07) is 16.0. The van der Waals surface area contributed by atoms with E-state index in [-0.39, 0.29) is 22.5 Å². The number of rotatable bonds is 6. The van der Waals surface area contributed by atoms with Gasteiger partial charge >= 0.3 is 0 Å². The van der Waals surface area contributed by atoms with E-state index in [0.717, 1.165) is 29.3 Å². The average Bonchev–Trinajstić information content (AvgIpc) is 2.97. The average molecular weight is 413 g/mol. The summed E-state index contributed by atoms with van der Waals surface area (Å²) in [5.74, 6) is -0.288. The van der Waals surface area contributed by atoms with Crippen LogP contribution in [0.1, 0.15) is 18.1 Å². The Bertz CT molecular complexity index is 1040. The van der Waals surface area contributed by atoms with Crippen LogP contribution in [0.2, 0.25) is 0 Å². The van der Waals surface area contributed by atoms with E-state index in [2.05, 4.69) is 11.0 Å². The van der Waals surface area contributed by atoms with Crippen molar-refractivity contribution < 1.29 is 13.2 Å². The first kappa shape index (κ1) is 20.1. The van der Waals surface area contributed by atoms with Crippen LogP contribution in [-0.2, 0) is 21.2 Å². The van der Waals surface area contributed by atoms with Crippen molar-refractivity contribution in [2.75, 3.05) is 6.54 Å². The van der Waals surface area contributed by atoms with Crippen molar-refractivity contribution in [1.29, 1.82) is 0 Å². The second kappa shape index (κ2) is 8.58. The van der Waals surface area contributed by atoms with Gasteiger partial charge in [0.05, 0.1) is 9.80 Å². The molecule has 1 aliphatic rings. The number of carbonyl (C=O) groups excluding carboxylic acids is 1. The molecule has 144 valence electrons. The molecular weight excluding hydrogens is 392 g/mol. The van der Waals surface area contributed by atoms with E-state index in [1.165, 1.54) is 17.0 Å². The monoisotopic (exact) mass is 412 g/mol. The highest BCUT2D eigenvalue weighted by Gasteiger charge is 2.34. The normalized spacial score (nSPS) is 17.5.